The Hall–Kier alpha value is -1.09. The highest BCUT2D eigenvalue weighted by Gasteiger charge is 2.15. The van der Waals surface area contributed by atoms with Crippen LogP contribution in [0, 0.1) is 11.0 Å². The van der Waals surface area contributed by atoms with Gasteiger partial charge in [-0.2, -0.15) is 0 Å². The van der Waals surface area contributed by atoms with Gasteiger partial charge in [0.1, 0.15) is 5.82 Å². The second-order valence-corrected chi connectivity index (χ2v) is 2.59. The first-order valence-electron chi connectivity index (χ1n) is 3.51. The molecule has 11 heavy (non-hydrogen) atoms. The van der Waals surface area contributed by atoms with E-state index in [4.69, 9.17) is 0 Å². The summed E-state index contributed by atoms with van der Waals surface area (Å²) in [5.41, 5.74) is 1.05. The second-order valence-electron chi connectivity index (χ2n) is 2.59. The third kappa shape index (κ3) is 0.886. The van der Waals surface area contributed by atoms with Crippen LogP contribution in [-0.4, -0.2) is 6.54 Å². The van der Waals surface area contributed by atoms with Gasteiger partial charge in [-0.1, -0.05) is 6.07 Å². The molecule has 0 bridgehead atoms. The predicted octanol–water partition coefficient (Wildman–Crippen LogP) is 1.69. The zero-order valence-electron chi connectivity index (χ0n) is 5.88. The van der Waals surface area contributed by atoms with Crippen molar-refractivity contribution in [2.75, 3.05) is 11.6 Å². The van der Waals surface area contributed by atoms with E-state index in [1.54, 1.807) is 12.1 Å². The first-order valence-corrected chi connectivity index (χ1v) is 3.51. The molecule has 1 aromatic carbocycles. The topological polar surface area (TPSA) is 26.3 Å². The Labute approximate surface area is 63.8 Å². The lowest BCUT2D eigenvalue weighted by molar-refractivity contribution is 0.615. The van der Waals surface area contributed by atoms with Crippen LogP contribution in [0.1, 0.15) is 5.56 Å². The van der Waals surface area contributed by atoms with Crippen LogP contribution < -0.4 is 5.06 Å². The number of hydrogen-bond donors (Lipinski definition) is 0. The van der Waals surface area contributed by atoms with Crippen LogP contribution in [0.4, 0.5) is 10.1 Å². The summed E-state index contributed by atoms with van der Waals surface area (Å²) in [5, 5.41) is 11.8. The first-order chi connectivity index (χ1) is 5.29. The molecule has 2 rings (SSSR count). The molecule has 0 N–H and O–H groups in total. The van der Waals surface area contributed by atoms with Crippen LogP contribution in [0.5, 0.6) is 0 Å². The fraction of sp³-hybridized carbons (Fsp3) is 0.250. The SMILES string of the molecule is [O-]N1CCc2c(F)cccc21. The number of benzene rings is 1. The zero-order chi connectivity index (χ0) is 7.84. The van der Waals surface area contributed by atoms with Crippen molar-refractivity contribution >= 4 is 5.69 Å². The minimum Gasteiger partial charge on any atom is -0.758 e. The van der Waals surface area contributed by atoms with E-state index in [1.165, 1.54) is 6.07 Å². The number of hydroxylamine groups is 1. The van der Waals surface area contributed by atoms with Crippen LogP contribution >= 0.6 is 0 Å². The molecule has 1 aliphatic heterocycles. The maximum atomic E-state index is 12.9. The molecule has 0 aliphatic carbocycles. The smallest absolute Gasteiger partial charge is 0.128 e. The number of rotatable bonds is 0. The van der Waals surface area contributed by atoms with Crippen molar-refractivity contribution in [3.63, 3.8) is 0 Å². The molecule has 0 unspecified atom stereocenters. The van der Waals surface area contributed by atoms with Gasteiger partial charge in [-0.25, -0.2) is 4.39 Å². The molecule has 58 valence electrons. The Morgan fingerprint density at radius 2 is 2.27 bits per heavy atom. The zero-order valence-corrected chi connectivity index (χ0v) is 5.88. The molecule has 1 aliphatic rings. The highest BCUT2D eigenvalue weighted by molar-refractivity contribution is 5.58. The molecule has 0 saturated carbocycles. The molecule has 0 spiro atoms. The molecule has 0 atom stereocenters. The van der Waals surface area contributed by atoms with Crippen LogP contribution in [0.25, 0.3) is 0 Å². The van der Waals surface area contributed by atoms with Gasteiger partial charge < -0.3 is 10.3 Å². The molecule has 0 fully saturated rings. The molecule has 0 amide bonds. The van der Waals surface area contributed by atoms with E-state index in [1.807, 2.05) is 0 Å². The average molecular weight is 152 g/mol. The number of halogens is 1. The molecule has 0 saturated heterocycles. The van der Waals surface area contributed by atoms with Crippen LogP contribution in [0.15, 0.2) is 18.2 Å². The van der Waals surface area contributed by atoms with Gasteiger partial charge in [0.15, 0.2) is 0 Å². The Morgan fingerprint density at radius 3 is 3.00 bits per heavy atom. The maximum Gasteiger partial charge on any atom is 0.128 e. The molecule has 1 heterocycles. The minimum atomic E-state index is -0.263. The molecule has 2 nitrogen and oxygen atoms in total. The second kappa shape index (κ2) is 2.20. The minimum absolute atomic E-state index is 0.263. The van der Waals surface area contributed by atoms with Crippen molar-refractivity contribution in [1.29, 1.82) is 0 Å². The van der Waals surface area contributed by atoms with Crippen LogP contribution in [-0.2, 0) is 6.42 Å². The van der Waals surface area contributed by atoms with E-state index in [2.05, 4.69) is 0 Å². The third-order valence-electron chi connectivity index (χ3n) is 1.93. The Bertz CT molecular complexity index is 287. The molecular weight excluding hydrogens is 145 g/mol. The van der Waals surface area contributed by atoms with E-state index >= 15 is 0 Å². The summed E-state index contributed by atoms with van der Waals surface area (Å²) in [6.45, 7) is 0.385. The third-order valence-corrected chi connectivity index (χ3v) is 1.93. The van der Waals surface area contributed by atoms with Gasteiger partial charge >= 0.3 is 0 Å². The van der Waals surface area contributed by atoms with Crippen LogP contribution in [0.3, 0.4) is 0 Å². The van der Waals surface area contributed by atoms with Crippen molar-refractivity contribution < 1.29 is 4.39 Å². The largest absolute Gasteiger partial charge is 0.758 e. The summed E-state index contributed by atoms with van der Waals surface area (Å²) < 4.78 is 12.9. The first kappa shape index (κ1) is 6.61. The van der Waals surface area contributed by atoms with E-state index in [-0.39, 0.29) is 5.82 Å². The lowest BCUT2D eigenvalue weighted by Crippen LogP contribution is -2.09. The normalized spacial score (nSPS) is 15.3. The number of anilines is 1. The van der Waals surface area contributed by atoms with Crippen molar-refractivity contribution in [2.45, 2.75) is 6.42 Å². The molecule has 0 aromatic heterocycles. The number of fused-ring (bicyclic) bond motifs is 1. The maximum absolute atomic E-state index is 12.9. The summed E-state index contributed by atoms with van der Waals surface area (Å²) >= 11 is 0. The monoisotopic (exact) mass is 152 g/mol. The lowest BCUT2D eigenvalue weighted by atomic mass is 10.1. The highest BCUT2D eigenvalue weighted by atomic mass is 19.1. The van der Waals surface area contributed by atoms with Crippen molar-refractivity contribution in [1.82, 2.24) is 0 Å². The molecule has 3 heteroatoms. The van der Waals surface area contributed by atoms with Crippen LogP contribution in [0.2, 0.25) is 0 Å². The van der Waals surface area contributed by atoms with E-state index in [0.717, 1.165) is 5.06 Å². The van der Waals surface area contributed by atoms with Gasteiger partial charge in [-0.05, 0) is 18.6 Å². The van der Waals surface area contributed by atoms with Gasteiger partial charge in [-0.3, -0.25) is 0 Å². The van der Waals surface area contributed by atoms with Gasteiger partial charge in [-0.15, -0.1) is 0 Å². The van der Waals surface area contributed by atoms with Gasteiger partial charge in [0, 0.05) is 17.8 Å². The lowest BCUT2D eigenvalue weighted by Gasteiger charge is -2.24. The molecule has 1 aromatic rings. The Morgan fingerprint density at radius 1 is 1.45 bits per heavy atom. The highest BCUT2D eigenvalue weighted by Crippen LogP contribution is 2.28. The van der Waals surface area contributed by atoms with Crippen molar-refractivity contribution in [3.05, 3.63) is 34.8 Å². The molecular formula is C8H7FNO-. The standard InChI is InChI=1S/C8H7FNO/c9-7-2-1-3-8-6(7)4-5-10(8)11/h1-3H,4-5H2/q-1. The Kier molecular flexibility index (Phi) is 1.32. The summed E-state index contributed by atoms with van der Waals surface area (Å²) in [7, 11) is 0. The van der Waals surface area contributed by atoms with Crippen molar-refractivity contribution in [2.24, 2.45) is 0 Å². The summed E-state index contributed by atoms with van der Waals surface area (Å²) in [6, 6.07) is 4.60. The van der Waals surface area contributed by atoms with Gasteiger partial charge in [0.05, 0.1) is 0 Å². The summed E-state index contributed by atoms with van der Waals surface area (Å²) in [5.74, 6) is -0.263. The predicted molar refractivity (Wildman–Crippen MR) is 40.8 cm³/mol. The van der Waals surface area contributed by atoms with E-state index in [9.17, 15) is 9.60 Å². The van der Waals surface area contributed by atoms with E-state index in [0.29, 0.717) is 24.2 Å². The number of hydrogen-bond acceptors (Lipinski definition) is 2. The van der Waals surface area contributed by atoms with Crippen molar-refractivity contribution in [3.8, 4) is 0 Å². The fourth-order valence-corrected chi connectivity index (χ4v) is 1.36. The Balaban J connectivity index is 2.57. The molecule has 0 radical (unpaired) electrons. The van der Waals surface area contributed by atoms with E-state index < -0.39 is 0 Å². The summed E-state index contributed by atoms with van der Waals surface area (Å²) in [4.78, 5) is 0. The number of nitrogens with zero attached hydrogens (tertiary/aromatic N) is 1. The van der Waals surface area contributed by atoms with Gasteiger partial charge in [0.25, 0.3) is 0 Å². The van der Waals surface area contributed by atoms with Gasteiger partial charge in [0.2, 0.25) is 0 Å². The summed E-state index contributed by atoms with van der Waals surface area (Å²) in [6.07, 6.45) is 0.533. The fourth-order valence-electron chi connectivity index (χ4n) is 1.36. The quantitative estimate of drug-likeness (QED) is 0.565. The average Bonchev–Trinajstić information content (AvgIpc) is 2.35.